The number of aromatic nitrogens is 2. The molecule has 0 radical (unpaired) electrons. The van der Waals surface area contributed by atoms with Crippen molar-refractivity contribution in [3.63, 3.8) is 0 Å². The topological polar surface area (TPSA) is 119 Å². The summed E-state index contributed by atoms with van der Waals surface area (Å²) >= 11 is 0. The summed E-state index contributed by atoms with van der Waals surface area (Å²) in [5.74, 6) is 1.11. The van der Waals surface area contributed by atoms with Crippen LogP contribution < -0.4 is 10.1 Å². The van der Waals surface area contributed by atoms with Crippen molar-refractivity contribution < 1.29 is 22.7 Å². The molecule has 4 rings (SSSR count). The maximum atomic E-state index is 12.7. The smallest absolute Gasteiger partial charge is 0.324 e. The van der Waals surface area contributed by atoms with Crippen molar-refractivity contribution in [1.29, 1.82) is 0 Å². The van der Waals surface area contributed by atoms with Gasteiger partial charge >= 0.3 is 6.03 Å². The summed E-state index contributed by atoms with van der Waals surface area (Å²) in [6.07, 6.45) is 5.69. The molecule has 9 nitrogen and oxygen atoms in total. The monoisotopic (exact) mass is 430 g/mol. The number of urea groups is 1. The lowest BCUT2D eigenvalue weighted by Crippen LogP contribution is -2.28. The van der Waals surface area contributed by atoms with Crippen LogP contribution in [0.2, 0.25) is 0 Å². The molecule has 2 fully saturated rings. The molecule has 0 atom stereocenters. The summed E-state index contributed by atoms with van der Waals surface area (Å²) in [7, 11) is -3.48. The average molecular weight is 430 g/mol. The minimum atomic E-state index is -3.48. The first-order chi connectivity index (χ1) is 14.4. The van der Waals surface area contributed by atoms with Crippen LogP contribution in [-0.2, 0) is 27.6 Å². The number of ether oxygens (including phenoxy) is 1. The molecule has 1 aromatic heterocycles. The second kappa shape index (κ2) is 8.39. The van der Waals surface area contributed by atoms with Crippen LogP contribution in [0.5, 0.6) is 5.75 Å². The molecule has 2 aromatic rings. The highest BCUT2D eigenvalue weighted by Crippen LogP contribution is 2.30. The minimum Gasteiger partial charge on any atom is -0.493 e. The molecule has 30 heavy (non-hydrogen) atoms. The third-order valence-electron chi connectivity index (χ3n) is 4.97. The van der Waals surface area contributed by atoms with Crippen LogP contribution in [-0.4, -0.2) is 54.1 Å². The maximum absolute atomic E-state index is 12.7. The molecular formula is C20H22N4O5S. The number of carbonyl (C=O) groups is 2. The molecule has 1 aromatic carbocycles. The lowest BCUT2D eigenvalue weighted by atomic mass is 10.3. The molecular weight excluding hydrogens is 408 g/mol. The minimum absolute atomic E-state index is 0.0222. The summed E-state index contributed by atoms with van der Waals surface area (Å²) in [5.41, 5.74) is 0.672. The molecule has 1 aliphatic carbocycles. The lowest BCUT2D eigenvalue weighted by molar-refractivity contribution is -0.118. The van der Waals surface area contributed by atoms with E-state index in [0.29, 0.717) is 29.7 Å². The van der Waals surface area contributed by atoms with E-state index in [2.05, 4.69) is 15.3 Å². The van der Waals surface area contributed by atoms with E-state index in [1.165, 1.54) is 17.7 Å². The van der Waals surface area contributed by atoms with E-state index in [1.54, 1.807) is 36.7 Å². The first-order valence-corrected chi connectivity index (χ1v) is 11.4. The van der Waals surface area contributed by atoms with Gasteiger partial charge in [0.2, 0.25) is 5.91 Å². The normalized spacial score (nSPS) is 16.6. The third kappa shape index (κ3) is 5.12. The molecule has 1 saturated heterocycles. The van der Waals surface area contributed by atoms with Gasteiger partial charge in [0.25, 0.3) is 0 Å². The summed E-state index contributed by atoms with van der Waals surface area (Å²) in [6, 6.07) is 6.12. The summed E-state index contributed by atoms with van der Waals surface area (Å²) in [4.78, 5) is 32.7. The highest BCUT2D eigenvalue weighted by Gasteiger charge is 2.27. The zero-order valence-electron chi connectivity index (χ0n) is 16.3. The molecule has 0 bridgehead atoms. The summed E-state index contributed by atoms with van der Waals surface area (Å²) in [5, 5.41) is 2.19. The number of aryl methyl sites for hydroxylation is 1. The molecule has 10 heteroatoms. The Kier molecular flexibility index (Phi) is 5.67. The number of hydrogen-bond donors (Lipinski definition) is 1. The molecule has 2 heterocycles. The van der Waals surface area contributed by atoms with Crippen LogP contribution in [0.1, 0.15) is 24.2 Å². The van der Waals surface area contributed by atoms with Crippen molar-refractivity contribution in [3.8, 4) is 5.75 Å². The van der Waals surface area contributed by atoms with Gasteiger partial charge in [0, 0.05) is 12.4 Å². The van der Waals surface area contributed by atoms with Crippen molar-refractivity contribution in [2.75, 3.05) is 18.9 Å². The van der Waals surface area contributed by atoms with Gasteiger partial charge in [-0.15, -0.1) is 0 Å². The van der Waals surface area contributed by atoms with E-state index in [4.69, 9.17) is 4.74 Å². The Balaban J connectivity index is 1.33. The van der Waals surface area contributed by atoms with Crippen LogP contribution in [0.4, 0.5) is 4.79 Å². The molecule has 158 valence electrons. The third-order valence-corrected chi connectivity index (χ3v) is 6.68. The van der Waals surface area contributed by atoms with Crippen LogP contribution in [0, 0.1) is 5.92 Å². The van der Waals surface area contributed by atoms with Gasteiger partial charge in [-0.1, -0.05) is 6.07 Å². The number of carbonyl (C=O) groups excluding carboxylic acids is 2. The lowest BCUT2D eigenvalue weighted by Gasteiger charge is -2.11. The fourth-order valence-electron chi connectivity index (χ4n) is 3.00. The highest BCUT2D eigenvalue weighted by molar-refractivity contribution is 7.91. The van der Waals surface area contributed by atoms with Gasteiger partial charge < -0.3 is 9.64 Å². The SMILES string of the molecule is O=C1CN(Cc2ncc(CCS(=O)(=O)c3cccc(OCC4CC4)c3)cn2)C(=O)N1. The molecule has 0 spiro atoms. The van der Waals surface area contributed by atoms with Crippen LogP contribution >= 0.6 is 0 Å². The number of benzene rings is 1. The molecule has 3 amide bonds. The van der Waals surface area contributed by atoms with Crippen LogP contribution in [0.15, 0.2) is 41.6 Å². The Hall–Kier alpha value is -3.01. The number of rotatable bonds is 9. The summed E-state index contributed by atoms with van der Waals surface area (Å²) < 4.78 is 31.1. The number of imide groups is 1. The Morgan fingerprint density at radius 3 is 2.60 bits per heavy atom. The number of hydrogen-bond acceptors (Lipinski definition) is 7. The van der Waals surface area contributed by atoms with Gasteiger partial charge in [-0.2, -0.15) is 0 Å². The van der Waals surface area contributed by atoms with E-state index < -0.39 is 15.9 Å². The maximum Gasteiger partial charge on any atom is 0.324 e. The Bertz CT molecular complexity index is 1050. The van der Waals surface area contributed by atoms with Gasteiger partial charge in [-0.05, 0) is 48.9 Å². The second-order valence-electron chi connectivity index (χ2n) is 7.52. The van der Waals surface area contributed by atoms with Crippen molar-refractivity contribution in [2.45, 2.75) is 30.7 Å². The van der Waals surface area contributed by atoms with Gasteiger partial charge in [-0.3, -0.25) is 10.1 Å². The zero-order valence-corrected chi connectivity index (χ0v) is 17.1. The standard InChI is InChI=1S/C20H22N4O5S/c25-19-12-24(20(26)23-19)11-18-21-9-15(10-22-18)6-7-30(27,28)17-3-1-2-16(8-17)29-13-14-4-5-14/h1-3,8-10,14H,4-7,11-13H2,(H,23,25,26). The van der Waals surface area contributed by atoms with Crippen molar-refractivity contribution in [1.82, 2.24) is 20.2 Å². The largest absolute Gasteiger partial charge is 0.493 e. The predicted octanol–water partition coefficient (Wildman–Crippen LogP) is 1.33. The molecule has 0 unspecified atom stereocenters. The number of amides is 3. The Morgan fingerprint density at radius 1 is 1.17 bits per heavy atom. The number of nitrogens with one attached hydrogen (secondary N) is 1. The Morgan fingerprint density at radius 2 is 1.93 bits per heavy atom. The average Bonchev–Trinajstić information content (AvgIpc) is 3.50. The summed E-state index contributed by atoms with van der Waals surface area (Å²) in [6.45, 7) is 0.718. The van der Waals surface area contributed by atoms with Crippen LogP contribution in [0.3, 0.4) is 0 Å². The number of sulfone groups is 1. The molecule has 1 aliphatic heterocycles. The molecule has 2 aliphatic rings. The fraction of sp³-hybridized carbons (Fsp3) is 0.400. The van der Waals surface area contributed by atoms with Crippen molar-refractivity contribution >= 4 is 21.8 Å². The van der Waals surface area contributed by atoms with Gasteiger partial charge in [0.1, 0.15) is 18.1 Å². The van der Waals surface area contributed by atoms with Crippen molar-refractivity contribution in [2.24, 2.45) is 5.92 Å². The highest BCUT2D eigenvalue weighted by atomic mass is 32.2. The number of nitrogens with zero attached hydrogens (tertiary/aromatic N) is 3. The van der Waals surface area contributed by atoms with Gasteiger partial charge in [-0.25, -0.2) is 23.2 Å². The van der Waals surface area contributed by atoms with E-state index in [1.807, 2.05) is 0 Å². The van der Waals surface area contributed by atoms with E-state index in [-0.39, 0.29) is 36.1 Å². The molecule has 1 N–H and O–H groups in total. The van der Waals surface area contributed by atoms with E-state index >= 15 is 0 Å². The van der Waals surface area contributed by atoms with Gasteiger partial charge in [0.05, 0.1) is 23.8 Å². The quantitative estimate of drug-likeness (QED) is 0.596. The van der Waals surface area contributed by atoms with E-state index in [0.717, 1.165) is 0 Å². The van der Waals surface area contributed by atoms with Crippen LogP contribution in [0.25, 0.3) is 0 Å². The first-order valence-electron chi connectivity index (χ1n) is 9.73. The predicted molar refractivity (Wildman–Crippen MR) is 106 cm³/mol. The fourth-order valence-corrected chi connectivity index (χ4v) is 4.32. The second-order valence-corrected chi connectivity index (χ2v) is 9.62. The zero-order chi connectivity index (χ0) is 21.1. The molecule has 1 saturated carbocycles. The van der Waals surface area contributed by atoms with Crippen molar-refractivity contribution in [3.05, 3.63) is 48.0 Å². The Labute approximate surface area is 174 Å². The van der Waals surface area contributed by atoms with E-state index in [9.17, 15) is 18.0 Å². The van der Waals surface area contributed by atoms with Gasteiger partial charge in [0.15, 0.2) is 9.84 Å². The first kappa shape index (κ1) is 20.3.